The Hall–Kier alpha value is -3.94. The van der Waals surface area contributed by atoms with Gasteiger partial charge in [-0.1, -0.05) is 30.3 Å². The maximum absolute atomic E-state index is 12.3. The number of rotatable bonds is 7. The summed E-state index contributed by atoms with van der Waals surface area (Å²) in [5.41, 5.74) is 3.18. The second-order valence-corrected chi connectivity index (χ2v) is 6.76. The molecule has 0 radical (unpaired) electrons. The summed E-state index contributed by atoms with van der Waals surface area (Å²) in [6.45, 7) is 2.65. The third kappa shape index (κ3) is 4.22. The second kappa shape index (κ2) is 8.60. The molecular weight excluding hydrogens is 382 g/mol. The molecule has 0 aliphatic rings. The maximum Gasteiger partial charge on any atom is 0.368 e. The number of aryl methyl sites for hydroxylation is 2. The minimum absolute atomic E-state index is 0.287. The van der Waals surface area contributed by atoms with E-state index in [1.807, 2.05) is 67.6 Å². The zero-order valence-corrected chi connectivity index (χ0v) is 16.7. The Kier molecular flexibility index (Phi) is 5.56. The number of hydrogen-bond acceptors (Lipinski definition) is 6. The average Bonchev–Trinajstić information content (AvgIpc) is 3.10. The minimum atomic E-state index is -0.310. The lowest BCUT2D eigenvalue weighted by atomic mass is 10.1. The van der Waals surface area contributed by atoms with Gasteiger partial charge in [-0.25, -0.2) is 9.78 Å². The van der Waals surface area contributed by atoms with Gasteiger partial charge in [0, 0.05) is 24.9 Å². The lowest BCUT2D eigenvalue weighted by molar-refractivity contribution is 0.288. The molecule has 0 aliphatic carbocycles. The number of pyridine rings is 1. The first-order valence-electron chi connectivity index (χ1n) is 9.45. The molecule has 0 amide bonds. The van der Waals surface area contributed by atoms with Gasteiger partial charge in [0.15, 0.2) is 0 Å². The number of hydrogen-bond donors (Lipinski definition) is 0. The molecule has 2 aromatic carbocycles. The van der Waals surface area contributed by atoms with Gasteiger partial charge in [0.1, 0.15) is 19.0 Å². The Morgan fingerprint density at radius 1 is 0.933 bits per heavy atom. The van der Waals surface area contributed by atoms with Crippen LogP contribution in [-0.2, 0) is 20.3 Å². The molecule has 0 bridgehead atoms. The van der Waals surface area contributed by atoms with Crippen LogP contribution in [0.4, 0.5) is 0 Å². The van der Waals surface area contributed by atoms with E-state index in [1.165, 1.54) is 9.36 Å². The van der Waals surface area contributed by atoms with Crippen LogP contribution in [0.3, 0.4) is 0 Å². The van der Waals surface area contributed by atoms with E-state index in [-0.39, 0.29) is 12.3 Å². The summed E-state index contributed by atoms with van der Waals surface area (Å²) in [4.78, 5) is 16.4. The van der Waals surface area contributed by atoms with Crippen molar-refractivity contribution in [2.75, 3.05) is 0 Å². The highest BCUT2D eigenvalue weighted by atomic mass is 16.5. The molecule has 0 fully saturated rings. The molecule has 8 nitrogen and oxygen atoms in total. The lowest BCUT2D eigenvalue weighted by Gasteiger charge is -2.13. The van der Waals surface area contributed by atoms with E-state index < -0.39 is 0 Å². The Bertz CT molecular complexity index is 1200. The first-order valence-corrected chi connectivity index (χ1v) is 9.45. The summed E-state index contributed by atoms with van der Waals surface area (Å²) < 4.78 is 14.2. The fourth-order valence-electron chi connectivity index (χ4n) is 3.01. The topological polar surface area (TPSA) is 84.1 Å². The van der Waals surface area contributed by atoms with Crippen LogP contribution < -0.4 is 15.2 Å². The quantitative estimate of drug-likeness (QED) is 0.472. The summed E-state index contributed by atoms with van der Waals surface area (Å²) in [6, 6.07) is 18.9. The monoisotopic (exact) mass is 403 g/mol. The van der Waals surface area contributed by atoms with E-state index in [0.717, 1.165) is 16.7 Å². The van der Waals surface area contributed by atoms with E-state index >= 15 is 0 Å². The Morgan fingerprint density at radius 2 is 1.80 bits per heavy atom. The molecule has 152 valence electrons. The van der Waals surface area contributed by atoms with Crippen molar-refractivity contribution in [2.45, 2.75) is 20.1 Å². The van der Waals surface area contributed by atoms with Crippen LogP contribution in [-0.4, -0.2) is 24.8 Å². The summed E-state index contributed by atoms with van der Waals surface area (Å²) in [6.07, 6.45) is 1.69. The van der Waals surface area contributed by atoms with Crippen molar-refractivity contribution in [1.29, 1.82) is 0 Å². The van der Waals surface area contributed by atoms with Crippen LogP contribution in [0.1, 0.15) is 16.7 Å². The molecule has 0 atom stereocenters. The molecule has 8 heteroatoms. The third-order valence-electron chi connectivity index (χ3n) is 4.64. The molecule has 0 spiro atoms. The van der Waals surface area contributed by atoms with E-state index in [4.69, 9.17) is 9.47 Å². The summed E-state index contributed by atoms with van der Waals surface area (Å²) in [5.74, 6) is 1.28. The number of benzene rings is 2. The van der Waals surface area contributed by atoms with Crippen molar-refractivity contribution in [3.8, 4) is 17.3 Å². The summed E-state index contributed by atoms with van der Waals surface area (Å²) in [5, 5.41) is 7.74. The van der Waals surface area contributed by atoms with E-state index in [2.05, 4.69) is 15.4 Å². The van der Waals surface area contributed by atoms with Crippen LogP contribution in [0.15, 0.2) is 71.7 Å². The molecule has 0 unspecified atom stereocenters. The van der Waals surface area contributed by atoms with E-state index in [0.29, 0.717) is 23.9 Å². The molecule has 2 heterocycles. The molecule has 4 rings (SSSR count). The number of aromatic nitrogens is 5. The third-order valence-corrected chi connectivity index (χ3v) is 4.64. The lowest BCUT2D eigenvalue weighted by Crippen LogP contribution is -2.23. The van der Waals surface area contributed by atoms with Gasteiger partial charge in [-0.05, 0) is 52.7 Å². The molecule has 2 aromatic heterocycles. The van der Waals surface area contributed by atoms with Crippen molar-refractivity contribution in [3.05, 3.63) is 94.0 Å². The molecule has 0 saturated heterocycles. The zero-order valence-electron chi connectivity index (χ0n) is 16.7. The first-order chi connectivity index (χ1) is 14.6. The number of tetrazole rings is 1. The SMILES string of the molecule is Cc1cccc(-n2nnn(C)c2=O)c1COc1cccc(COc2ccccn2)c1. The fraction of sp³-hybridized carbons (Fsp3) is 0.182. The molecule has 4 aromatic rings. The first kappa shape index (κ1) is 19.4. The maximum atomic E-state index is 12.3. The van der Waals surface area contributed by atoms with Crippen LogP contribution in [0.2, 0.25) is 0 Å². The number of nitrogens with zero attached hydrogens (tertiary/aromatic N) is 5. The van der Waals surface area contributed by atoms with Gasteiger partial charge in [0.05, 0.1) is 5.69 Å². The predicted molar refractivity (Wildman–Crippen MR) is 111 cm³/mol. The zero-order chi connectivity index (χ0) is 20.9. The minimum Gasteiger partial charge on any atom is -0.489 e. The Labute approximate surface area is 173 Å². The highest BCUT2D eigenvalue weighted by Gasteiger charge is 2.13. The highest BCUT2D eigenvalue weighted by molar-refractivity contribution is 5.44. The van der Waals surface area contributed by atoms with Crippen molar-refractivity contribution in [1.82, 2.24) is 24.8 Å². The molecular formula is C22H21N5O3. The molecule has 0 saturated carbocycles. The Balaban J connectivity index is 1.50. The predicted octanol–water partition coefficient (Wildman–Crippen LogP) is 2.83. The summed E-state index contributed by atoms with van der Waals surface area (Å²) >= 11 is 0. The molecule has 30 heavy (non-hydrogen) atoms. The van der Waals surface area contributed by atoms with E-state index in [1.54, 1.807) is 13.2 Å². The fourth-order valence-corrected chi connectivity index (χ4v) is 3.01. The van der Waals surface area contributed by atoms with Gasteiger partial charge in [-0.15, -0.1) is 0 Å². The standard InChI is InChI=1S/C22H21N5O3/c1-16-7-5-10-20(27-22(28)26(2)24-25-27)19(16)15-29-18-9-6-8-17(13-18)14-30-21-11-3-4-12-23-21/h3-13H,14-15H2,1-2H3. The largest absolute Gasteiger partial charge is 0.489 e. The van der Waals surface area contributed by atoms with Crippen LogP contribution >= 0.6 is 0 Å². The van der Waals surface area contributed by atoms with Crippen LogP contribution in [0.25, 0.3) is 5.69 Å². The van der Waals surface area contributed by atoms with Gasteiger partial charge >= 0.3 is 5.69 Å². The Morgan fingerprint density at radius 3 is 2.57 bits per heavy atom. The van der Waals surface area contributed by atoms with Crippen molar-refractivity contribution in [3.63, 3.8) is 0 Å². The summed E-state index contributed by atoms with van der Waals surface area (Å²) in [7, 11) is 1.57. The van der Waals surface area contributed by atoms with E-state index in [9.17, 15) is 4.79 Å². The smallest absolute Gasteiger partial charge is 0.368 e. The highest BCUT2D eigenvalue weighted by Crippen LogP contribution is 2.21. The van der Waals surface area contributed by atoms with Gasteiger partial charge in [-0.2, -0.15) is 9.36 Å². The van der Waals surface area contributed by atoms with Crippen LogP contribution in [0, 0.1) is 6.92 Å². The van der Waals surface area contributed by atoms with Gasteiger partial charge in [0.25, 0.3) is 0 Å². The van der Waals surface area contributed by atoms with Gasteiger partial charge in [0.2, 0.25) is 5.88 Å². The number of ether oxygens (including phenoxy) is 2. The van der Waals surface area contributed by atoms with Gasteiger partial charge in [-0.3, -0.25) is 0 Å². The van der Waals surface area contributed by atoms with Crippen LogP contribution in [0.5, 0.6) is 11.6 Å². The second-order valence-electron chi connectivity index (χ2n) is 6.76. The van der Waals surface area contributed by atoms with Gasteiger partial charge < -0.3 is 9.47 Å². The average molecular weight is 403 g/mol. The molecule has 0 aliphatic heterocycles. The molecule has 0 N–H and O–H groups in total. The normalized spacial score (nSPS) is 10.7. The van der Waals surface area contributed by atoms with Crippen molar-refractivity contribution < 1.29 is 9.47 Å². The van der Waals surface area contributed by atoms with Crippen molar-refractivity contribution in [2.24, 2.45) is 7.05 Å². The van der Waals surface area contributed by atoms with Crippen molar-refractivity contribution >= 4 is 0 Å².